The summed E-state index contributed by atoms with van der Waals surface area (Å²) in [6, 6.07) is 6.07. The maximum absolute atomic E-state index is 5.64. The summed E-state index contributed by atoms with van der Waals surface area (Å²) in [6.45, 7) is 6.80. The van der Waals surface area contributed by atoms with Crippen LogP contribution in [0.15, 0.2) is 23.2 Å². The molecule has 1 N–H and O–H groups in total. The van der Waals surface area contributed by atoms with Gasteiger partial charge in [0.2, 0.25) is 0 Å². The number of ether oxygens (including phenoxy) is 2. The average Bonchev–Trinajstić information content (AvgIpc) is 3.01. The molecule has 1 unspecified atom stereocenters. The summed E-state index contributed by atoms with van der Waals surface area (Å²) in [5.41, 5.74) is 2.07. The number of nitrogens with one attached hydrogen (secondary N) is 1. The molecule has 1 fully saturated rings. The second-order valence-corrected chi connectivity index (χ2v) is 5.84. The van der Waals surface area contributed by atoms with Gasteiger partial charge in [-0.3, -0.25) is 9.98 Å². The summed E-state index contributed by atoms with van der Waals surface area (Å²) in [7, 11) is 3.52. The Balaban J connectivity index is 1.76. The van der Waals surface area contributed by atoms with Crippen molar-refractivity contribution in [2.45, 2.75) is 19.9 Å². The first-order valence-corrected chi connectivity index (χ1v) is 8.17. The second kappa shape index (κ2) is 9.47. The van der Waals surface area contributed by atoms with Gasteiger partial charge >= 0.3 is 0 Å². The molecule has 128 valence electrons. The lowest BCUT2D eigenvalue weighted by Gasteiger charge is -2.21. The molecule has 23 heavy (non-hydrogen) atoms. The zero-order chi connectivity index (χ0) is 16.5. The minimum absolute atomic E-state index is 0.558. The van der Waals surface area contributed by atoms with Crippen LogP contribution in [0.2, 0.25) is 0 Å². The number of aromatic nitrogens is 1. The fourth-order valence-electron chi connectivity index (χ4n) is 2.75. The van der Waals surface area contributed by atoms with Gasteiger partial charge in [-0.1, -0.05) is 6.07 Å². The molecule has 1 aliphatic rings. The van der Waals surface area contributed by atoms with Crippen LogP contribution in [0.1, 0.15) is 17.8 Å². The zero-order valence-corrected chi connectivity index (χ0v) is 14.4. The highest BCUT2D eigenvalue weighted by Crippen LogP contribution is 2.16. The van der Waals surface area contributed by atoms with Crippen LogP contribution in [0.25, 0.3) is 0 Å². The predicted octanol–water partition coefficient (Wildman–Crippen LogP) is 1.45. The van der Waals surface area contributed by atoms with E-state index in [0.717, 1.165) is 43.5 Å². The Morgan fingerprint density at radius 1 is 1.43 bits per heavy atom. The summed E-state index contributed by atoms with van der Waals surface area (Å²) < 4.78 is 10.6. The maximum atomic E-state index is 5.64. The molecule has 0 spiro atoms. The highest BCUT2D eigenvalue weighted by molar-refractivity contribution is 5.80. The fourth-order valence-corrected chi connectivity index (χ4v) is 2.75. The Bertz CT molecular complexity index is 507. The lowest BCUT2D eigenvalue weighted by molar-refractivity contribution is 0.0536. The Morgan fingerprint density at radius 3 is 3.04 bits per heavy atom. The molecule has 1 atom stereocenters. The van der Waals surface area contributed by atoms with Crippen LogP contribution < -0.4 is 5.32 Å². The monoisotopic (exact) mass is 320 g/mol. The summed E-state index contributed by atoms with van der Waals surface area (Å²) in [5, 5.41) is 3.40. The normalized spacial score (nSPS) is 18.5. The van der Waals surface area contributed by atoms with E-state index in [1.165, 1.54) is 0 Å². The van der Waals surface area contributed by atoms with Crippen LogP contribution in [0, 0.1) is 12.8 Å². The van der Waals surface area contributed by atoms with Crippen molar-refractivity contribution in [3.8, 4) is 0 Å². The Kier molecular flexibility index (Phi) is 7.29. The van der Waals surface area contributed by atoms with Crippen molar-refractivity contribution in [1.82, 2.24) is 15.2 Å². The number of aryl methyl sites for hydroxylation is 1. The maximum Gasteiger partial charge on any atom is 0.193 e. The predicted molar refractivity (Wildman–Crippen MR) is 91.5 cm³/mol. The number of pyridine rings is 1. The van der Waals surface area contributed by atoms with Gasteiger partial charge in [-0.25, -0.2) is 0 Å². The Hall–Kier alpha value is -1.66. The van der Waals surface area contributed by atoms with Gasteiger partial charge in [0.25, 0.3) is 0 Å². The largest absolute Gasteiger partial charge is 0.382 e. The van der Waals surface area contributed by atoms with E-state index < -0.39 is 0 Å². The van der Waals surface area contributed by atoms with Gasteiger partial charge in [-0.05, 0) is 25.5 Å². The number of hydrogen-bond acceptors (Lipinski definition) is 4. The first kappa shape index (κ1) is 17.7. The van der Waals surface area contributed by atoms with E-state index in [0.29, 0.717) is 25.7 Å². The highest BCUT2D eigenvalue weighted by atomic mass is 16.5. The van der Waals surface area contributed by atoms with Crippen molar-refractivity contribution in [1.29, 1.82) is 0 Å². The first-order valence-electron chi connectivity index (χ1n) is 8.17. The standard InChI is InChI=1S/C17H28N4O2/c1-14-5-4-6-16(20-14)11-19-17(18-2)21-8-7-15(12-21)13-23-10-9-22-3/h4-6,15H,7-13H2,1-3H3,(H,18,19). The molecule has 1 aliphatic heterocycles. The van der Waals surface area contributed by atoms with E-state index in [2.05, 4.69) is 20.2 Å². The van der Waals surface area contributed by atoms with Crippen LogP contribution in [-0.2, 0) is 16.0 Å². The summed E-state index contributed by atoms with van der Waals surface area (Å²) in [5.74, 6) is 1.50. The number of aliphatic imine (C=N–C) groups is 1. The van der Waals surface area contributed by atoms with Gasteiger partial charge < -0.3 is 19.7 Å². The van der Waals surface area contributed by atoms with Crippen molar-refractivity contribution in [2.24, 2.45) is 10.9 Å². The quantitative estimate of drug-likeness (QED) is 0.468. The molecule has 6 heteroatoms. The van der Waals surface area contributed by atoms with Gasteiger partial charge in [-0.15, -0.1) is 0 Å². The smallest absolute Gasteiger partial charge is 0.193 e. The minimum Gasteiger partial charge on any atom is -0.382 e. The zero-order valence-electron chi connectivity index (χ0n) is 14.4. The molecule has 1 aromatic rings. The number of nitrogens with zero attached hydrogens (tertiary/aromatic N) is 3. The molecular formula is C17H28N4O2. The van der Waals surface area contributed by atoms with E-state index in [-0.39, 0.29) is 0 Å². The van der Waals surface area contributed by atoms with E-state index in [9.17, 15) is 0 Å². The molecule has 0 radical (unpaired) electrons. The summed E-state index contributed by atoms with van der Waals surface area (Å²) in [6.07, 6.45) is 1.14. The number of hydrogen-bond donors (Lipinski definition) is 1. The third-order valence-electron chi connectivity index (χ3n) is 3.96. The van der Waals surface area contributed by atoms with Gasteiger partial charge in [0.05, 0.1) is 32.1 Å². The molecule has 6 nitrogen and oxygen atoms in total. The minimum atomic E-state index is 0.558. The lowest BCUT2D eigenvalue weighted by atomic mass is 10.1. The van der Waals surface area contributed by atoms with Gasteiger partial charge in [-0.2, -0.15) is 0 Å². The summed E-state index contributed by atoms with van der Waals surface area (Å²) >= 11 is 0. The Labute approximate surface area is 138 Å². The molecule has 2 heterocycles. The second-order valence-electron chi connectivity index (χ2n) is 5.84. The summed E-state index contributed by atoms with van der Waals surface area (Å²) in [4.78, 5) is 11.2. The highest BCUT2D eigenvalue weighted by Gasteiger charge is 2.24. The van der Waals surface area contributed by atoms with E-state index in [4.69, 9.17) is 9.47 Å². The third kappa shape index (κ3) is 5.80. The molecular weight excluding hydrogens is 292 g/mol. The number of rotatable bonds is 7. The van der Waals surface area contributed by atoms with Crippen LogP contribution in [0.5, 0.6) is 0 Å². The van der Waals surface area contributed by atoms with Crippen LogP contribution >= 0.6 is 0 Å². The fraction of sp³-hybridized carbons (Fsp3) is 0.647. The lowest BCUT2D eigenvalue weighted by Crippen LogP contribution is -2.40. The molecule has 0 bridgehead atoms. The van der Waals surface area contributed by atoms with Gasteiger partial charge in [0.1, 0.15) is 0 Å². The average molecular weight is 320 g/mol. The van der Waals surface area contributed by atoms with E-state index >= 15 is 0 Å². The molecule has 1 aromatic heterocycles. The van der Waals surface area contributed by atoms with Crippen LogP contribution in [0.4, 0.5) is 0 Å². The SMILES string of the molecule is CN=C(NCc1cccc(C)n1)N1CCC(COCCOC)C1. The molecule has 0 amide bonds. The van der Waals surface area contributed by atoms with Crippen molar-refractivity contribution in [3.05, 3.63) is 29.6 Å². The molecule has 1 saturated heterocycles. The molecule has 0 saturated carbocycles. The Morgan fingerprint density at radius 2 is 2.30 bits per heavy atom. The third-order valence-corrected chi connectivity index (χ3v) is 3.96. The van der Waals surface area contributed by atoms with E-state index in [1.807, 2.05) is 32.2 Å². The molecule has 2 rings (SSSR count). The number of guanidine groups is 1. The topological polar surface area (TPSA) is 59.0 Å². The van der Waals surface area contributed by atoms with Crippen molar-refractivity contribution < 1.29 is 9.47 Å². The van der Waals surface area contributed by atoms with Crippen LogP contribution in [0.3, 0.4) is 0 Å². The number of likely N-dealkylation sites (tertiary alicyclic amines) is 1. The van der Waals surface area contributed by atoms with Crippen molar-refractivity contribution in [2.75, 3.05) is 47.1 Å². The first-order chi connectivity index (χ1) is 11.2. The molecule has 0 aliphatic carbocycles. The van der Waals surface area contributed by atoms with Crippen molar-refractivity contribution >= 4 is 5.96 Å². The van der Waals surface area contributed by atoms with Gasteiger partial charge in [0.15, 0.2) is 5.96 Å². The molecule has 0 aromatic carbocycles. The van der Waals surface area contributed by atoms with Gasteiger partial charge in [0, 0.05) is 38.9 Å². The van der Waals surface area contributed by atoms with Crippen LogP contribution in [-0.4, -0.2) is 62.9 Å². The number of methoxy groups -OCH3 is 1. The van der Waals surface area contributed by atoms with Crippen molar-refractivity contribution in [3.63, 3.8) is 0 Å². The van der Waals surface area contributed by atoms with E-state index in [1.54, 1.807) is 7.11 Å².